The van der Waals surface area contributed by atoms with E-state index < -0.39 is 6.23 Å². The Labute approximate surface area is 105 Å². The molecule has 2 aliphatic heterocycles. The Bertz CT molecular complexity index is 637. The molecule has 0 saturated heterocycles. The van der Waals surface area contributed by atoms with E-state index in [-0.39, 0.29) is 0 Å². The number of benzene rings is 1. The summed E-state index contributed by atoms with van der Waals surface area (Å²) in [7, 11) is 0. The molecule has 0 unspecified atom stereocenters. The highest BCUT2D eigenvalue weighted by Crippen LogP contribution is 2.42. The van der Waals surface area contributed by atoms with Crippen LogP contribution in [0.2, 0.25) is 0 Å². The van der Waals surface area contributed by atoms with E-state index in [0.29, 0.717) is 11.4 Å². The van der Waals surface area contributed by atoms with Crippen molar-refractivity contribution in [1.82, 2.24) is 0 Å². The van der Waals surface area contributed by atoms with Crippen LogP contribution in [0.3, 0.4) is 0 Å². The molecule has 0 spiro atoms. The average Bonchev–Trinajstić information content (AvgIpc) is 2.67. The molecule has 1 aromatic rings. The van der Waals surface area contributed by atoms with Crippen LogP contribution in [0.4, 0.5) is 11.4 Å². The molecular weight excluding hydrogens is 226 g/mol. The summed E-state index contributed by atoms with van der Waals surface area (Å²) in [6, 6.07) is 8.15. The van der Waals surface area contributed by atoms with Crippen molar-refractivity contribution in [1.29, 1.82) is 5.26 Å². The summed E-state index contributed by atoms with van der Waals surface area (Å²) in [5.41, 5.74) is 4.35. The van der Waals surface area contributed by atoms with E-state index in [1.54, 1.807) is 11.0 Å². The van der Waals surface area contributed by atoms with Gasteiger partial charge >= 0.3 is 0 Å². The Morgan fingerprint density at radius 3 is 2.89 bits per heavy atom. The maximum absolute atomic E-state index is 10.1. The number of nitrogens with zero attached hydrogens (tertiary/aromatic N) is 2. The average molecular weight is 239 g/mol. The lowest BCUT2D eigenvalue weighted by Gasteiger charge is -2.29. The minimum absolute atomic E-state index is 0.578. The van der Waals surface area contributed by atoms with Crippen molar-refractivity contribution < 1.29 is 5.11 Å². The summed E-state index contributed by atoms with van der Waals surface area (Å²) < 4.78 is 0. The third-order valence-electron chi connectivity index (χ3n) is 3.31. The molecule has 1 atom stereocenters. The second-order valence-electron chi connectivity index (χ2n) is 4.61. The maximum atomic E-state index is 10.1. The minimum atomic E-state index is -0.728. The molecule has 4 nitrogen and oxygen atoms in total. The molecule has 0 aromatic heterocycles. The first-order valence-corrected chi connectivity index (χ1v) is 5.80. The van der Waals surface area contributed by atoms with Gasteiger partial charge in [0.1, 0.15) is 11.9 Å². The molecule has 3 rings (SSSR count). The monoisotopic (exact) mass is 239 g/mol. The summed E-state index contributed by atoms with van der Waals surface area (Å²) >= 11 is 0. The predicted octanol–water partition coefficient (Wildman–Crippen LogP) is 2.24. The smallest absolute Gasteiger partial charge is 0.152 e. The van der Waals surface area contributed by atoms with Gasteiger partial charge in [-0.25, -0.2) is 0 Å². The van der Waals surface area contributed by atoms with Crippen LogP contribution in [0.25, 0.3) is 0 Å². The normalized spacial score (nSPS) is 20.9. The fraction of sp³-hybridized carbons (Fsp3) is 0.214. The van der Waals surface area contributed by atoms with Crippen molar-refractivity contribution in [3.63, 3.8) is 0 Å². The quantitative estimate of drug-likeness (QED) is 0.729. The predicted molar refractivity (Wildman–Crippen MR) is 69.7 cm³/mol. The lowest BCUT2D eigenvalue weighted by atomic mass is 10.0. The van der Waals surface area contributed by atoms with Gasteiger partial charge in [-0.3, -0.25) is 4.90 Å². The number of nitrogens with one attached hydrogen (secondary N) is 1. The largest absolute Gasteiger partial charge is 0.369 e. The summed E-state index contributed by atoms with van der Waals surface area (Å²) in [6.07, 6.45) is 0.965. The van der Waals surface area contributed by atoms with E-state index in [2.05, 4.69) is 11.4 Å². The van der Waals surface area contributed by atoms with Gasteiger partial charge in [0.25, 0.3) is 0 Å². The second kappa shape index (κ2) is 3.62. The number of anilines is 2. The van der Waals surface area contributed by atoms with Crippen LogP contribution in [0.1, 0.15) is 12.5 Å². The number of aliphatic hydroxyl groups excluding tert-OH is 1. The lowest BCUT2D eigenvalue weighted by molar-refractivity contribution is 0.224. The SMILES string of the molecule is CC1=C[C@@H](O)N2C(=C1C#N)Nc1cc(C)ccc12. The highest BCUT2D eigenvalue weighted by molar-refractivity contribution is 5.84. The number of fused-ring (bicyclic) bond motifs is 3. The molecule has 1 aromatic carbocycles. The van der Waals surface area contributed by atoms with Crippen molar-refractivity contribution in [2.75, 3.05) is 10.2 Å². The summed E-state index contributed by atoms with van der Waals surface area (Å²) in [5, 5.41) is 22.6. The van der Waals surface area contributed by atoms with Gasteiger partial charge in [0.05, 0.1) is 16.9 Å². The van der Waals surface area contributed by atoms with E-state index >= 15 is 0 Å². The van der Waals surface area contributed by atoms with Crippen LogP contribution in [-0.4, -0.2) is 11.3 Å². The molecule has 0 radical (unpaired) electrons. The summed E-state index contributed by atoms with van der Waals surface area (Å²) in [4.78, 5) is 1.75. The Hall–Kier alpha value is -2.25. The second-order valence-corrected chi connectivity index (χ2v) is 4.61. The Morgan fingerprint density at radius 2 is 2.17 bits per heavy atom. The first-order valence-electron chi connectivity index (χ1n) is 5.80. The van der Waals surface area contributed by atoms with E-state index in [0.717, 1.165) is 22.5 Å². The maximum Gasteiger partial charge on any atom is 0.152 e. The highest BCUT2D eigenvalue weighted by Gasteiger charge is 2.34. The van der Waals surface area contributed by atoms with Crippen LogP contribution < -0.4 is 10.2 Å². The van der Waals surface area contributed by atoms with Crippen molar-refractivity contribution in [3.05, 3.63) is 46.8 Å². The standard InChI is InChI=1S/C14H13N3O/c1-8-3-4-12-11(5-8)16-14-10(7-15)9(2)6-13(18)17(12)14/h3-6,13,16,18H,1-2H3/t13-/m1/s1. The Morgan fingerprint density at radius 1 is 1.39 bits per heavy atom. The Balaban J connectivity index is 2.20. The van der Waals surface area contributed by atoms with Gasteiger partial charge in [-0.05, 0) is 43.2 Å². The highest BCUT2D eigenvalue weighted by atomic mass is 16.3. The van der Waals surface area contributed by atoms with Crippen molar-refractivity contribution in [2.45, 2.75) is 20.1 Å². The van der Waals surface area contributed by atoms with Crippen LogP contribution >= 0.6 is 0 Å². The zero-order valence-electron chi connectivity index (χ0n) is 10.2. The molecule has 90 valence electrons. The van der Waals surface area contributed by atoms with Crippen molar-refractivity contribution in [3.8, 4) is 6.07 Å². The first-order chi connectivity index (χ1) is 8.61. The third-order valence-corrected chi connectivity index (χ3v) is 3.31. The van der Waals surface area contributed by atoms with Gasteiger partial charge < -0.3 is 10.4 Å². The molecule has 2 aliphatic rings. The summed E-state index contributed by atoms with van der Waals surface area (Å²) in [5.74, 6) is 0.672. The van der Waals surface area contributed by atoms with E-state index in [9.17, 15) is 10.4 Å². The van der Waals surface area contributed by atoms with E-state index in [1.165, 1.54) is 0 Å². The molecule has 18 heavy (non-hydrogen) atoms. The van der Waals surface area contributed by atoms with Gasteiger partial charge in [-0.2, -0.15) is 5.26 Å². The molecule has 0 fully saturated rings. The number of aryl methyl sites for hydroxylation is 1. The zero-order chi connectivity index (χ0) is 12.9. The van der Waals surface area contributed by atoms with Gasteiger partial charge in [0, 0.05) is 0 Å². The molecule has 0 aliphatic carbocycles. The van der Waals surface area contributed by atoms with Gasteiger partial charge in [0.15, 0.2) is 6.23 Å². The molecule has 2 N–H and O–H groups in total. The number of rotatable bonds is 0. The number of hydrogen-bond donors (Lipinski definition) is 2. The zero-order valence-corrected chi connectivity index (χ0v) is 10.2. The van der Waals surface area contributed by atoms with Crippen LogP contribution in [0.5, 0.6) is 0 Å². The lowest BCUT2D eigenvalue weighted by Crippen LogP contribution is -2.35. The van der Waals surface area contributed by atoms with Gasteiger partial charge in [0.2, 0.25) is 0 Å². The fourth-order valence-corrected chi connectivity index (χ4v) is 2.44. The number of hydrogen-bond acceptors (Lipinski definition) is 4. The Kier molecular flexibility index (Phi) is 2.19. The number of allylic oxidation sites excluding steroid dienone is 2. The van der Waals surface area contributed by atoms with Gasteiger partial charge in [-0.15, -0.1) is 0 Å². The topological polar surface area (TPSA) is 59.3 Å². The van der Waals surface area contributed by atoms with Crippen LogP contribution in [-0.2, 0) is 0 Å². The molecule has 0 bridgehead atoms. The molecule has 2 heterocycles. The van der Waals surface area contributed by atoms with Crippen molar-refractivity contribution in [2.24, 2.45) is 0 Å². The number of nitriles is 1. The number of aliphatic hydroxyl groups is 1. The molecule has 4 heteroatoms. The van der Waals surface area contributed by atoms with Crippen LogP contribution in [0, 0.1) is 18.3 Å². The molecule has 0 saturated carbocycles. The van der Waals surface area contributed by atoms with E-state index in [4.69, 9.17) is 0 Å². The van der Waals surface area contributed by atoms with Gasteiger partial charge in [-0.1, -0.05) is 6.07 Å². The minimum Gasteiger partial charge on any atom is -0.369 e. The van der Waals surface area contributed by atoms with E-state index in [1.807, 2.05) is 32.0 Å². The van der Waals surface area contributed by atoms with Crippen molar-refractivity contribution >= 4 is 11.4 Å². The molecule has 0 amide bonds. The fourth-order valence-electron chi connectivity index (χ4n) is 2.44. The van der Waals surface area contributed by atoms with Crippen LogP contribution in [0.15, 0.2) is 41.2 Å². The first kappa shape index (κ1) is 10.9. The summed E-state index contributed by atoms with van der Waals surface area (Å²) in [6.45, 7) is 3.85. The third kappa shape index (κ3) is 1.35. The molecular formula is C14H13N3O.